The smallest absolute Gasteiger partial charge is 0.493 e. The molecule has 0 radical (unpaired) electrons. The number of hydrogen-bond donors (Lipinski definition) is 2. The Morgan fingerprint density at radius 2 is 1.80 bits per heavy atom. The molecule has 0 saturated heterocycles. The highest BCUT2D eigenvalue weighted by atomic mass is 32.2. The van der Waals surface area contributed by atoms with Gasteiger partial charge in [0.2, 0.25) is 5.88 Å². The largest absolute Gasteiger partial charge is 0.501 e. The van der Waals surface area contributed by atoms with Gasteiger partial charge < -0.3 is 10.8 Å². The summed E-state index contributed by atoms with van der Waals surface area (Å²) in [4.78, 5) is 15.9. The number of nitrogens with zero attached hydrogens (tertiary/aromatic N) is 3. The summed E-state index contributed by atoms with van der Waals surface area (Å²) in [5.41, 5.74) is 1.02. The Morgan fingerprint density at radius 3 is 2.37 bits per heavy atom. The third kappa shape index (κ3) is 3.71. The molecule has 12 heteroatoms. The van der Waals surface area contributed by atoms with Crippen LogP contribution in [-0.2, 0) is 22.9 Å². The Bertz CT molecular complexity index is 1250. The van der Waals surface area contributed by atoms with Gasteiger partial charge in [0, 0.05) is 12.7 Å². The van der Waals surface area contributed by atoms with E-state index in [-0.39, 0.29) is 24.5 Å². The Labute approximate surface area is 168 Å². The second kappa shape index (κ2) is 7.61. The van der Waals surface area contributed by atoms with Gasteiger partial charge in [-0.15, -0.1) is 0 Å². The number of nitrogens with two attached hydrogens (primary N) is 1. The summed E-state index contributed by atoms with van der Waals surface area (Å²) >= 11 is 0. The topological polar surface area (TPSA) is 120 Å². The molecule has 0 spiro atoms. The summed E-state index contributed by atoms with van der Waals surface area (Å²) in [6.07, 6.45) is 1.54. The van der Waals surface area contributed by atoms with Gasteiger partial charge in [0.1, 0.15) is 0 Å². The van der Waals surface area contributed by atoms with Crippen LogP contribution in [-0.4, -0.2) is 33.2 Å². The fraction of sp³-hybridized carbons (Fsp3) is 0.222. The van der Waals surface area contributed by atoms with Crippen LogP contribution in [0.5, 0.6) is 5.88 Å². The molecule has 2 aromatic heterocycles. The first-order valence-electron chi connectivity index (χ1n) is 8.54. The second-order valence-electron chi connectivity index (χ2n) is 6.42. The monoisotopic (exact) mass is 442 g/mol. The highest BCUT2D eigenvalue weighted by Gasteiger charge is 2.46. The van der Waals surface area contributed by atoms with Gasteiger partial charge in [-0.3, -0.25) is 9.55 Å². The summed E-state index contributed by atoms with van der Waals surface area (Å²) in [6, 6.07) is 6.87. The lowest BCUT2D eigenvalue weighted by atomic mass is 10.2. The first kappa shape index (κ1) is 21.6. The van der Waals surface area contributed by atoms with Gasteiger partial charge in [-0.1, -0.05) is 0 Å². The molecule has 0 atom stereocenters. The molecule has 8 nitrogen and oxygen atoms in total. The van der Waals surface area contributed by atoms with Gasteiger partial charge >= 0.3 is 11.2 Å². The van der Waals surface area contributed by atoms with Crippen LogP contribution in [0.25, 0.3) is 5.69 Å². The van der Waals surface area contributed by atoms with Crippen LogP contribution in [0.4, 0.5) is 13.2 Å². The molecule has 0 amide bonds. The van der Waals surface area contributed by atoms with Gasteiger partial charge in [0.25, 0.3) is 9.84 Å². The predicted octanol–water partition coefficient (Wildman–Crippen LogP) is 1.85. The van der Waals surface area contributed by atoms with Crippen LogP contribution in [0.3, 0.4) is 0 Å². The number of hydrogen-bond acceptors (Lipinski definition) is 6. The van der Waals surface area contributed by atoms with E-state index >= 15 is 0 Å². The maximum atomic E-state index is 12.8. The lowest BCUT2D eigenvalue weighted by Crippen LogP contribution is -2.25. The molecular formula is C18H17F3N4O4S. The Kier molecular flexibility index (Phi) is 5.48. The van der Waals surface area contributed by atoms with Gasteiger partial charge in [-0.05, 0) is 48.9 Å². The number of imidazole rings is 1. The van der Waals surface area contributed by atoms with Gasteiger partial charge in [0.15, 0.2) is 0 Å². The van der Waals surface area contributed by atoms with Crippen molar-refractivity contribution in [1.29, 1.82) is 0 Å². The maximum absolute atomic E-state index is 12.8. The average molecular weight is 442 g/mol. The van der Waals surface area contributed by atoms with Crippen LogP contribution in [0.15, 0.2) is 52.3 Å². The van der Waals surface area contributed by atoms with E-state index < -0.39 is 31.8 Å². The molecule has 0 aliphatic heterocycles. The first-order chi connectivity index (χ1) is 14.0. The zero-order valence-corrected chi connectivity index (χ0v) is 16.4. The summed E-state index contributed by atoms with van der Waals surface area (Å²) in [7, 11) is -5.52. The molecule has 1 aromatic carbocycles. The summed E-state index contributed by atoms with van der Waals surface area (Å²) < 4.78 is 63.2. The van der Waals surface area contributed by atoms with Crippen molar-refractivity contribution in [3.63, 3.8) is 0 Å². The van der Waals surface area contributed by atoms with E-state index in [0.717, 1.165) is 28.8 Å². The number of pyridine rings is 1. The molecule has 30 heavy (non-hydrogen) atoms. The molecule has 3 aromatic rings. The van der Waals surface area contributed by atoms with Crippen LogP contribution in [0.2, 0.25) is 0 Å². The van der Waals surface area contributed by atoms with Gasteiger partial charge in [-0.25, -0.2) is 17.8 Å². The minimum absolute atomic E-state index is 0.0119. The SMILES string of the molecule is Cc1c(O)n(-c2ccc(S(=O)(=O)C(F)(F)F)cc2)c(=O)n1Cc1ccnc(CN)c1. The number of rotatable bonds is 5. The average Bonchev–Trinajstić information content (AvgIpc) is 2.90. The number of aromatic hydroxyl groups is 1. The van der Waals surface area contributed by atoms with Crippen LogP contribution in [0.1, 0.15) is 17.0 Å². The van der Waals surface area contributed by atoms with E-state index in [0.29, 0.717) is 11.3 Å². The summed E-state index contributed by atoms with van der Waals surface area (Å²) in [5.74, 6) is -0.417. The molecule has 0 fully saturated rings. The Hall–Kier alpha value is -3.12. The fourth-order valence-electron chi connectivity index (χ4n) is 2.88. The molecule has 2 heterocycles. The zero-order chi connectivity index (χ0) is 22.3. The summed E-state index contributed by atoms with van der Waals surface area (Å²) in [6.45, 7) is 1.81. The van der Waals surface area contributed by atoms with Crippen molar-refractivity contribution < 1.29 is 26.7 Å². The van der Waals surface area contributed by atoms with Crippen LogP contribution in [0, 0.1) is 6.92 Å². The van der Waals surface area contributed by atoms with Crippen molar-refractivity contribution in [3.05, 3.63) is 70.0 Å². The molecule has 3 rings (SSSR count). The molecule has 160 valence electrons. The quantitative estimate of drug-likeness (QED) is 0.622. The zero-order valence-electron chi connectivity index (χ0n) is 15.6. The molecule has 0 aliphatic rings. The van der Waals surface area contributed by atoms with Crippen LogP contribution >= 0.6 is 0 Å². The minimum atomic E-state index is -5.52. The Balaban J connectivity index is 2.02. The van der Waals surface area contributed by atoms with Crippen LogP contribution < -0.4 is 11.4 Å². The van der Waals surface area contributed by atoms with Gasteiger partial charge in [0.05, 0.1) is 28.5 Å². The van der Waals surface area contributed by atoms with Crippen molar-refractivity contribution in [2.24, 2.45) is 5.73 Å². The first-order valence-corrected chi connectivity index (χ1v) is 10.0. The molecule has 0 aliphatic carbocycles. The minimum Gasteiger partial charge on any atom is -0.493 e. The Morgan fingerprint density at radius 1 is 1.17 bits per heavy atom. The van der Waals surface area contributed by atoms with Gasteiger partial charge in [-0.2, -0.15) is 13.2 Å². The highest BCUT2D eigenvalue weighted by molar-refractivity contribution is 7.92. The third-order valence-electron chi connectivity index (χ3n) is 4.50. The standard InChI is InChI=1S/C18H17F3N4O4S/c1-11-16(26)25(14-2-4-15(5-3-14)30(28,29)18(19,20)21)17(27)24(11)10-12-6-7-23-13(8-12)9-22/h2-8,26H,9-10,22H2,1H3. The van der Waals surface area contributed by atoms with Crippen molar-refractivity contribution in [1.82, 2.24) is 14.1 Å². The van der Waals surface area contributed by atoms with Crippen molar-refractivity contribution in [2.45, 2.75) is 30.4 Å². The number of benzene rings is 1. The van der Waals surface area contributed by atoms with E-state index in [2.05, 4.69) is 4.98 Å². The predicted molar refractivity (Wildman–Crippen MR) is 101 cm³/mol. The normalized spacial score (nSPS) is 12.3. The number of alkyl halides is 3. The van der Waals surface area contributed by atoms with E-state index in [1.807, 2.05) is 0 Å². The van der Waals surface area contributed by atoms with Crippen molar-refractivity contribution in [3.8, 4) is 11.6 Å². The molecule has 3 N–H and O–H groups in total. The number of aromatic nitrogens is 3. The lowest BCUT2D eigenvalue weighted by molar-refractivity contribution is -0.0436. The summed E-state index contributed by atoms with van der Waals surface area (Å²) in [5, 5.41) is 10.4. The molecule has 0 unspecified atom stereocenters. The fourth-order valence-corrected chi connectivity index (χ4v) is 3.65. The van der Waals surface area contributed by atoms with E-state index in [1.165, 1.54) is 17.7 Å². The van der Waals surface area contributed by atoms with Crippen molar-refractivity contribution in [2.75, 3.05) is 0 Å². The van der Waals surface area contributed by atoms with Crippen molar-refractivity contribution >= 4 is 9.84 Å². The van der Waals surface area contributed by atoms with E-state index in [1.54, 1.807) is 12.1 Å². The van der Waals surface area contributed by atoms with E-state index in [9.17, 15) is 31.5 Å². The maximum Gasteiger partial charge on any atom is 0.501 e. The number of sulfone groups is 1. The lowest BCUT2D eigenvalue weighted by Gasteiger charge is -2.09. The molecule has 0 bridgehead atoms. The third-order valence-corrected chi connectivity index (χ3v) is 6.01. The molecule has 0 saturated carbocycles. The molecular weight excluding hydrogens is 425 g/mol. The highest BCUT2D eigenvalue weighted by Crippen LogP contribution is 2.31. The van der Waals surface area contributed by atoms with E-state index in [4.69, 9.17) is 5.73 Å². The number of halogens is 3. The second-order valence-corrected chi connectivity index (χ2v) is 8.36.